The standard InChI is InChI=1S/C17H16ClFN4O.C6H11N.C2H6/c1-3-24-16-8-14-11(7-15(16)20-2)17(22-9-21-14)23-10-4-5-13(19)12(18)6-10;1-7-3-5-2-6(5)4-7;1-2/h4-9,20H,3H2,1-2H3,(H,21,22,23);5-6H,2-4H2,1H3;1-2H3. The van der Waals surface area contributed by atoms with Gasteiger partial charge in [0.25, 0.3) is 0 Å². The number of aromatic nitrogens is 2. The quantitative estimate of drug-likeness (QED) is 0.460. The Morgan fingerprint density at radius 3 is 2.45 bits per heavy atom. The van der Waals surface area contributed by atoms with Crippen LogP contribution in [0.15, 0.2) is 36.7 Å². The molecular formula is C25H33ClFN5O. The maximum Gasteiger partial charge on any atom is 0.144 e. The lowest BCUT2D eigenvalue weighted by atomic mass is 10.2. The summed E-state index contributed by atoms with van der Waals surface area (Å²) < 4.78 is 18.9. The van der Waals surface area contributed by atoms with Crippen molar-refractivity contribution in [2.75, 3.05) is 44.4 Å². The van der Waals surface area contributed by atoms with Crippen molar-refractivity contribution < 1.29 is 9.13 Å². The van der Waals surface area contributed by atoms with E-state index in [4.69, 9.17) is 16.3 Å². The van der Waals surface area contributed by atoms with Crippen LogP contribution in [0.1, 0.15) is 27.2 Å². The molecule has 2 N–H and O–H groups in total. The maximum atomic E-state index is 13.3. The van der Waals surface area contributed by atoms with Gasteiger partial charge in [-0.25, -0.2) is 14.4 Å². The minimum absolute atomic E-state index is 0.0490. The number of piperidine rings is 1. The Kier molecular flexibility index (Phi) is 8.69. The molecule has 8 heteroatoms. The molecule has 2 heterocycles. The van der Waals surface area contributed by atoms with E-state index in [-0.39, 0.29) is 5.02 Å². The Hall–Kier alpha value is -2.64. The zero-order valence-corrected chi connectivity index (χ0v) is 20.7. The summed E-state index contributed by atoms with van der Waals surface area (Å²) in [5.41, 5.74) is 2.21. The number of halogens is 2. The predicted molar refractivity (Wildman–Crippen MR) is 135 cm³/mol. The summed E-state index contributed by atoms with van der Waals surface area (Å²) in [6.07, 6.45) is 2.99. The number of benzene rings is 2. The Morgan fingerprint density at radius 2 is 1.88 bits per heavy atom. The van der Waals surface area contributed by atoms with Crippen LogP contribution in [0, 0.1) is 17.7 Å². The van der Waals surface area contributed by atoms with Gasteiger partial charge in [-0.2, -0.15) is 0 Å². The van der Waals surface area contributed by atoms with Crippen molar-refractivity contribution in [1.82, 2.24) is 14.9 Å². The summed E-state index contributed by atoms with van der Waals surface area (Å²) in [6.45, 7) is 9.24. The van der Waals surface area contributed by atoms with Crippen LogP contribution >= 0.6 is 11.6 Å². The second-order valence-electron chi connectivity index (χ2n) is 8.00. The van der Waals surface area contributed by atoms with Gasteiger partial charge >= 0.3 is 0 Å². The molecule has 2 aromatic carbocycles. The van der Waals surface area contributed by atoms with Crippen molar-refractivity contribution >= 4 is 39.7 Å². The Labute approximate surface area is 200 Å². The first-order valence-corrected chi connectivity index (χ1v) is 11.9. The van der Waals surface area contributed by atoms with Gasteiger partial charge < -0.3 is 20.3 Å². The molecule has 0 radical (unpaired) electrons. The lowest BCUT2D eigenvalue weighted by Gasteiger charge is -2.13. The monoisotopic (exact) mass is 473 g/mol. The Bertz CT molecular complexity index is 1070. The molecule has 2 atom stereocenters. The van der Waals surface area contributed by atoms with Crippen molar-refractivity contribution in [2.45, 2.75) is 27.2 Å². The van der Waals surface area contributed by atoms with E-state index in [0.29, 0.717) is 18.1 Å². The van der Waals surface area contributed by atoms with Gasteiger partial charge in [0.05, 0.1) is 22.8 Å². The first kappa shape index (κ1) is 25.0. The van der Waals surface area contributed by atoms with Gasteiger partial charge in [-0.05, 0) is 56.5 Å². The third-order valence-corrected chi connectivity index (χ3v) is 5.94. The third kappa shape index (κ3) is 6.24. The number of hydrogen-bond donors (Lipinski definition) is 2. The molecule has 2 unspecified atom stereocenters. The Balaban J connectivity index is 0.000000283. The molecule has 0 bridgehead atoms. The van der Waals surface area contributed by atoms with E-state index in [9.17, 15) is 4.39 Å². The molecule has 1 aliphatic carbocycles. The second-order valence-corrected chi connectivity index (χ2v) is 8.41. The Morgan fingerprint density at radius 1 is 1.15 bits per heavy atom. The largest absolute Gasteiger partial charge is 0.492 e. The fraction of sp³-hybridized carbons (Fsp3) is 0.440. The van der Waals surface area contributed by atoms with Crippen molar-refractivity contribution in [2.24, 2.45) is 11.8 Å². The second kappa shape index (κ2) is 11.5. The lowest BCUT2D eigenvalue weighted by Crippen LogP contribution is -2.15. The van der Waals surface area contributed by atoms with Gasteiger partial charge in [-0.1, -0.05) is 25.4 Å². The van der Waals surface area contributed by atoms with E-state index in [1.54, 1.807) is 6.07 Å². The number of anilines is 3. The highest BCUT2D eigenvalue weighted by atomic mass is 35.5. The van der Waals surface area contributed by atoms with Gasteiger partial charge in [0.2, 0.25) is 0 Å². The molecule has 2 fully saturated rings. The van der Waals surface area contributed by atoms with Crippen molar-refractivity contribution in [3.05, 3.63) is 47.5 Å². The minimum Gasteiger partial charge on any atom is -0.492 e. The molecule has 0 amide bonds. The molecular weight excluding hydrogens is 441 g/mol. The van der Waals surface area contributed by atoms with Crippen LogP contribution in [0.4, 0.5) is 21.6 Å². The number of likely N-dealkylation sites (tertiary alicyclic amines) is 1. The van der Waals surface area contributed by atoms with Gasteiger partial charge in [0, 0.05) is 37.3 Å². The molecule has 1 saturated heterocycles. The average molecular weight is 474 g/mol. The van der Waals surface area contributed by atoms with E-state index in [0.717, 1.165) is 34.2 Å². The molecule has 33 heavy (non-hydrogen) atoms. The minimum atomic E-state index is -0.464. The van der Waals surface area contributed by atoms with Crippen LogP contribution in [-0.2, 0) is 0 Å². The molecule has 1 aliphatic heterocycles. The fourth-order valence-electron chi connectivity index (χ4n) is 4.00. The van der Waals surface area contributed by atoms with Crippen LogP contribution in [0.2, 0.25) is 5.02 Å². The summed E-state index contributed by atoms with van der Waals surface area (Å²) in [6, 6.07) is 8.18. The molecule has 3 aromatic rings. The van der Waals surface area contributed by atoms with Crippen molar-refractivity contribution in [1.29, 1.82) is 0 Å². The fourth-order valence-corrected chi connectivity index (χ4v) is 4.18. The predicted octanol–water partition coefficient (Wildman–Crippen LogP) is 6.20. The van der Waals surface area contributed by atoms with Gasteiger partial charge in [-0.3, -0.25) is 0 Å². The molecule has 5 rings (SSSR count). The van der Waals surface area contributed by atoms with Crippen LogP contribution in [0.5, 0.6) is 5.75 Å². The van der Waals surface area contributed by atoms with Crippen LogP contribution < -0.4 is 15.4 Å². The summed E-state index contributed by atoms with van der Waals surface area (Å²) >= 11 is 5.83. The van der Waals surface area contributed by atoms with Gasteiger partial charge in [0.1, 0.15) is 23.7 Å². The summed E-state index contributed by atoms with van der Waals surface area (Å²) in [5.74, 6) is 3.09. The van der Waals surface area contributed by atoms with E-state index >= 15 is 0 Å². The first-order chi connectivity index (χ1) is 16.0. The average Bonchev–Trinajstić information content (AvgIpc) is 3.44. The molecule has 178 valence electrons. The summed E-state index contributed by atoms with van der Waals surface area (Å²) in [4.78, 5) is 11.0. The topological polar surface area (TPSA) is 62.3 Å². The number of hydrogen-bond acceptors (Lipinski definition) is 6. The molecule has 1 saturated carbocycles. The van der Waals surface area contributed by atoms with Crippen molar-refractivity contribution in [3.63, 3.8) is 0 Å². The van der Waals surface area contributed by atoms with Gasteiger partial charge in [-0.15, -0.1) is 0 Å². The third-order valence-electron chi connectivity index (χ3n) is 5.65. The SMILES string of the molecule is CC.CCOc1cc2ncnc(Nc3ccc(F)c(Cl)c3)c2cc1NC.CN1CC2CC2C1. The number of ether oxygens (including phenoxy) is 1. The first-order valence-electron chi connectivity index (χ1n) is 11.5. The number of fused-ring (bicyclic) bond motifs is 2. The van der Waals surface area contributed by atoms with Crippen molar-refractivity contribution in [3.8, 4) is 5.75 Å². The number of nitrogens with one attached hydrogen (secondary N) is 2. The molecule has 1 aromatic heterocycles. The van der Waals surface area contributed by atoms with E-state index in [1.807, 2.05) is 40.0 Å². The molecule has 2 aliphatic rings. The summed E-state index contributed by atoms with van der Waals surface area (Å²) in [7, 11) is 4.03. The van der Waals surface area contributed by atoms with Gasteiger partial charge in [0.15, 0.2) is 0 Å². The van der Waals surface area contributed by atoms with Crippen LogP contribution in [0.25, 0.3) is 10.9 Å². The number of nitrogens with zero attached hydrogens (tertiary/aromatic N) is 3. The normalized spacial score (nSPS) is 18.4. The smallest absolute Gasteiger partial charge is 0.144 e. The highest BCUT2D eigenvalue weighted by molar-refractivity contribution is 6.31. The summed E-state index contributed by atoms with van der Waals surface area (Å²) in [5, 5.41) is 7.11. The van der Waals surface area contributed by atoms with Crippen LogP contribution in [0.3, 0.4) is 0 Å². The molecule has 6 nitrogen and oxygen atoms in total. The zero-order chi connectivity index (χ0) is 24.0. The van der Waals surface area contributed by atoms with Crippen LogP contribution in [-0.4, -0.2) is 48.7 Å². The van der Waals surface area contributed by atoms with E-state index < -0.39 is 5.82 Å². The van der Waals surface area contributed by atoms with E-state index in [1.165, 1.54) is 38.0 Å². The number of rotatable bonds is 5. The van der Waals surface area contributed by atoms with E-state index in [2.05, 4.69) is 32.5 Å². The highest BCUT2D eigenvalue weighted by Gasteiger charge is 2.43. The maximum absolute atomic E-state index is 13.3. The zero-order valence-electron chi connectivity index (χ0n) is 20.0. The highest BCUT2D eigenvalue weighted by Crippen LogP contribution is 2.44. The lowest BCUT2D eigenvalue weighted by molar-refractivity contribution is 0.342. The molecule has 0 spiro atoms.